The molecule has 0 aromatic carbocycles. The fourth-order valence-corrected chi connectivity index (χ4v) is 2.60. The second kappa shape index (κ2) is 1.82. The van der Waals surface area contributed by atoms with E-state index in [0.717, 1.165) is 0 Å². The van der Waals surface area contributed by atoms with Crippen molar-refractivity contribution in [2.45, 2.75) is 12.8 Å². The average molecular weight is 156 g/mol. The zero-order chi connectivity index (χ0) is 8.07. The van der Waals surface area contributed by atoms with Gasteiger partial charge in [-0.2, -0.15) is 0 Å². The van der Waals surface area contributed by atoms with Gasteiger partial charge in [-0.3, -0.25) is 0 Å². The molecule has 0 aromatic heterocycles. The van der Waals surface area contributed by atoms with Gasteiger partial charge < -0.3 is 0 Å². The molecule has 0 spiro atoms. The average Bonchev–Trinajstić information content (AvgIpc) is 2.09. The molecule has 3 aliphatic rings. The maximum atomic E-state index is 2.36. The van der Waals surface area contributed by atoms with Crippen LogP contribution in [0.4, 0.5) is 0 Å². The van der Waals surface area contributed by atoms with Crippen LogP contribution >= 0.6 is 0 Å². The van der Waals surface area contributed by atoms with E-state index in [1.165, 1.54) is 12.8 Å². The van der Waals surface area contributed by atoms with E-state index in [4.69, 9.17) is 0 Å². The zero-order valence-electron chi connectivity index (χ0n) is 7.03. The third kappa shape index (κ3) is 0.523. The highest BCUT2D eigenvalue weighted by atomic mass is 14.5. The van der Waals surface area contributed by atoms with E-state index in [0.29, 0.717) is 10.8 Å². The molecule has 3 aliphatic carbocycles. The van der Waals surface area contributed by atoms with E-state index in [1.807, 2.05) is 0 Å². The van der Waals surface area contributed by atoms with Gasteiger partial charge in [0.25, 0.3) is 0 Å². The Morgan fingerprint density at radius 1 is 0.667 bits per heavy atom. The minimum absolute atomic E-state index is 0.358. The van der Waals surface area contributed by atoms with Crippen LogP contribution in [0.25, 0.3) is 0 Å². The molecule has 0 aliphatic heterocycles. The molecule has 12 heavy (non-hydrogen) atoms. The van der Waals surface area contributed by atoms with Gasteiger partial charge in [0.05, 0.1) is 0 Å². The first kappa shape index (κ1) is 6.47. The van der Waals surface area contributed by atoms with Crippen LogP contribution in [0.15, 0.2) is 48.6 Å². The molecule has 0 heterocycles. The molecule has 0 N–H and O–H groups in total. The van der Waals surface area contributed by atoms with Crippen molar-refractivity contribution in [1.82, 2.24) is 0 Å². The number of hydrogen-bond donors (Lipinski definition) is 0. The van der Waals surface area contributed by atoms with E-state index < -0.39 is 0 Å². The van der Waals surface area contributed by atoms with Crippen LogP contribution in [-0.2, 0) is 0 Å². The summed E-state index contributed by atoms with van der Waals surface area (Å²) in [5, 5.41) is 0. The molecule has 3 rings (SSSR count). The number of rotatable bonds is 0. The lowest BCUT2D eigenvalue weighted by Crippen LogP contribution is -2.45. The van der Waals surface area contributed by atoms with Gasteiger partial charge in [-0.25, -0.2) is 0 Å². The van der Waals surface area contributed by atoms with Crippen molar-refractivity contribution in [3.8, 4) is 0 Å². The summed E-state index contributed by atoms with van der Waals surface area (Å²) in [6.07, 6.45) is 20.8. The van der Waals surface area contributed by atoms with Crippen LogP contribution in [-0.4, -0.2) is 0 Å². The van der Waals surface area contributed by atoms with E-state index >= 15 is 0 Å². The van der Waals surface area contributed by atoms with Gasteiger partial charge >= 0.3 is 0 Å². The molecule has 0 saturated heterocycles. The predicted molar refractivity (Wildman–Crippen MR) is 50.7 cm³/mol. The summed E-state index contributed by atoms with van der Waals surface area (Å²) in [4.78, 5) is 0. The van der Waals surface area contributed by atoms with Crippen LogP contribution in [0.5, 0.6) is 0 Å². The fraction of sp³-hybridized carbons (Fsp3) is 0.333. The lowest BCUT2D eigenvalue weighted by Gasteiger charge is -2.53. The van der Waals surface area contributed by atoms with Crippen LogP contribution in [0, 0.1) is 10.8 Å². The summed E-state index contributed by atoms with van der Waals surface area (Å²) < 4.78 is 0. The van der Waals surface area contributed by atoms with Crippen LogP contribution in [0.2, 0.25) is 0 Å². The summed E-state index contributed by atoms with van der Waals surface area (Å²) in [5.74, 6) is 0. The maximum absolute atomic E-state index is 2.36. The molecule has 0 nitrogen and oxygen atoms in total. The highest BCUT2D eigenvalue weighted by molar-refractivity contribution is 5.45. The molecule has 0 saturated carbocycles. The molecule has 0 bridgehead atoms. The molecule has 0 radical (unpaired) electrons. The SMILES string of the molecule is C1=CC23C=CC2(C=C1)CC=CC3. The van der Waals surface area contributed by atoms with Crippen molar-refractivity contribution >= 4 is 0 Å². The quantitative estimate of drug-likeness (QED) is 0.473. The van der Waals surface area contributed by atoms with Crippen molar-refractivity contribution in [2.24, 2.45) is 10.8 Å². The molecule has 60 valence electrons. The van der Waals surface area contributed by atoms with Crippen molar-refractivity contribution in [2.75, 3.05) is 0 Å². The van der Waals surface area contributed by atoms with Gasteiger partial charge in [-0.15, -0.1) is 0 Å². The Hall–Kier alpha value is -1.04. The Kier molecular flexibility index (Phi) is 0.982. The Morgan fingerprint density at radius 3 is 1.58 bits per heavy atom. The number of allylic oxidation sites excluding steroid dienone is 8. The summed E-state index contributed by atoms with van der Waals surface area (Å²) in [7, 11) is 0. The lowest BCUT2D eigenvalue weighted by molar-refractivity contribution is 0.205. The minimum atomic E-state index is 0.358. The van der Waals surface area contributed by atoms with Gasteiger partial charge in [0.2, 0.25) is 0 Å². The second-order valence-corrected chi connectivity index (χ2v) is 4.01. The smallest absolute Gasteiger partial charge is 0.0228 e. The topological polar surface area (TPSA) is 0 Å². The fourth-order valence-electron chi connectivity index (χ4n) is 2.60. The van der Waals surface area contributed by atoms with Gasteiger partial charge in [0.15, 0.2) is 0 Å². The second-order valence-electron chi connectivity index (χ2n) is 4.01. The molecule has 2 atom stereocenters. The first-order valence-corrected chi connectivity index (χ1v) is 4.59. The van der Waals surface area contributed by atoms with Crippen molar-refractivity contribution in [3.05, 3.63) is 48.6 Å². The molecule has 0 amide bonds. The molecule has 0 aromatic rings. The van der Waals surface area contributed by atoms with E-state index in [2.05, 4.69) is 48.6 Å². The highest BCUT2D eigenvalue weighted by Gasteiger charge is 2.51. The van der Waals surface area contributed by atoms with Gasteiger partial charge in [0.1, 0.15) is 0 Å². The van der Waals surface area contributed by atoms with Crippen LogP contribution in [0.3, 0.4) is 0 Å². The van der Waals surface area contributed by atoms with Crippen molar-refractivity contribution in [1.29, 1.82) is 0 Å². The summed E-state index contributed by atoms with van der Waals surface area (Å²) in [5.41, 5.74) is 0.715. The molecular weight excluding hydrogens is 144 g/mol. The van der Waals surface area contributed by atoms with E-state index in [-0.39, 0.29) is 0 Å². The van der Waals surface area contributed by atoms with E-state index in [9.17, 15) is 0 Å². The Bertz CT molecular complexity index is 298. The Morgan fingerprint density at radius 2 is 1.17 bits per heavy atom. The third-order valence-electron chi connectivity index (χ3n) is 3.52. The summed E-state index contributed by atoms with van der Waals surface area (Å²) in [6.45, 7) is 0. The molecule has 0 fully saturated rings. The summed E-state index contributed by atoms with van der Waals surface area (Å²) in [6, 6.07) is 0. The molecule has 0 heteroatoms. The van der Waals surface area contributed by atoms with Gasteiger partial charge in [-0.1, -0.05) is 48.6 Å². The van der Waals surface area contributed by atoms with Crippen molar-refractivity contribution in [3.63, 3.8) is 0 Å². The first-order valence-electron chi connectivity index (χ1n) is 4.59. The lowest BCUT2D eigenvalue weighted by atomic mass is 9.49. The van der Waals surface area contributed by atoms with Crippen LogP contribution < -0.4 is 0 Å². The van der Waals surface area contributed by atoms with Crippen LogP contribution in [0.1, 0.15) is 12.8 Å². The third-order valence-corrected chi connectivity index (χ3v) is 3.52. The Labute approximate surface area is 73.0 Å². The number of hydrogen-bond acceptors (Lipinski definition) is 0. The van der Waals surface area contributed by atoms with Gasteiger partial charge in [0, 0.05) is 10.8 Å². The maximum Gasteiger partial charge on any atom is 0.0228 e. The Balaban J connectivity index is 2.18. The molecular formula is C12H12. The summed E-state index contributed by atoms with van der Waals surface area (Å²) >= 11 is 0. The predicted octanol–water partition coefficient (Wildman–Crippen LogP) is 3.01. The minimum Gasteiger partial charge on any atom is -0.0873 e. The highest BCUT2D eigenvalue weighted by Crippen LogP contribution is 2.60. The van der Waals surface area contributed by atoms with Crippen molar-refractivity contribution < 1.29 is 0 Å². The monoisotopic (exact) mass is 156 g/mol. The van der Waals surface area contributed by atoms with E-state index in [1.54, 1.807) is 0 Å². The molecule has 2 unspecified atom stereocenters. The normalized spacial score (nSPS) is 46.7. The standard InChI is InChI=1S/C12H12/c1-2-6-12-8-4-3-7-11(12,5-1)9-10-12/h1-6,9-10H,7-8H2. The van der Waals surface area contributed by atoms with Gasteiger partial charge in [-0.05, 0) is 12.8 Å². The first-order chi connectivity index (χ1) is 5.87. The largest absolute Gasteiger partial charge is 0.0873 e. The zero-order valence-corrected chi connectivity index (χ0v) is 7.03.